The largest absolute Gasteiger partial charge is 0.235 e. The number of H-pyrrole nitrogens is 1. The Hall–Kier alpha value is -2.32. The summed E-state index contributed by atoms with van der Waals surface area (Å²) >= 11 is 0. The molecule has 3 N–H and O–H groups in total. The van der Waals surface area contributed by atoms with Crippen molar-refractivity contribution < 1.29 is 8.42 Å². The maximum atomic E-state index is 12.1. The van der Waals surface area contributed by atoms with Gasteiger partial charge >= 0.3 is 0 Å². The molecule has 114 valence electrons. The highest BCUT2D eigenvalue weighted by Crippen LogP contribution is 2.47. The number of hydrogen-bond donors (Lipinski definition) is 2. The Balaban J connectivity index is 2.24. The molecular formula is C14H15N5O2S. The van der Waals surface area contributed by atoms with E-state index in [2.05, 4.69) is 20.6 Å². The van der Waals surface area contributed by atoms with E-state index in [0.29, 0.717) is 0 Å². The van der Waals surface area contributed by atoms with Crippen LogP contribution in [0.15, 0.2) is 53.5 Å². The van der Waals surface area contributed by atoms with Crippen LogP contribution < -0.4 is 5.14 Å². The van der Waals surface area contributed by atoms with Gasteiger partial charge in [0.25, 0.3) is 0 Å². The zero-order valence-electron chi connectivity index (χ0n) is 11.8. The zero-order valence-corrected chi connectivity index (χ0v) is 12.7. The van der Waals surface area contributed by atoms with Crippen molar-refractivity contribution in [3.63, 3.8) is 0 Å². The summed E-state index contributed by atoms with van der Waals surface area (Å²) in [5.41, 5.74) is -0.0863. The molecule has 0 fully saturated rings. The van der Waals surface area contributed by atoms with Gasteiger partial charge in [0.15, 0.2) is 5.82 Å². The SMILES string of the molecule is CC1(c2nn[nH]n2)C(S(N)(=O)=O)=CC=CC1c1ccccc1. The minimum Gasteiger partial charge on any atom is -0.225 e. The van der Waals surface area contributed by atoms with Gasteiger partial charge in [0, 0.05) is 5.92 Å². The van der Waals surface area contributed by atoms with Crippen molar-refractivity contribution in [2.24, 2.45) is 5.14 Å². The molecule has 1 heterocycles. The van der Waals surface area contributed by atoms with Crippen LogP contribution in [0.3, 0.4) is 0 Å². The normalized spacial score (nSPS) is 25.0. The van der Waals surface area contributed by atoms with E-state index in [-0.39, 0.29) is 16.6 Å². The van der Waals surface area contributed by atoms with Gasteiger partial charge in [0.2, 0.25) is 10.0 Å². The topological polar surface area (TPSA) is 115 Å². The molecule has 22 heavy (non-hydrogen) atoms. The molecule has 1 aliphatic carbocycles. The molecular weight excluding hydrogens is 302 g/mol. The van der Waals surface area contributed by atoms with E-state index in [1.54, 1.807) is 13.0 Å². The van der Waals surface area contributed by atoms with Crippen LogP contribution in [-0.4, -0.2) is 29.0 Å². The molecule has 8 heteroatoms. The molecule has 0 saturated carbocycles. The van der Waals surface area contributed by atoms with E-state index in [4.69, 9.17) is 5.14 Å². The van der Waals surface area contributed by atoms with Crippen molar-refractivity contribution in [3.05, 3.63) is 64.9 Å². The van der Waals surface area contributed by atoms with Crippen molar-refractivity contribution >= 4 is 10.0 Å². The number of rotatable bonds is 3. The van der Waals surface area contributed by atoms with E-state index in [0.717, 1.165) is 5.56 Å². The number of aromatic amines is 1. The van der Waals surface area contributed by atoms with Crippen LogP contribution in [0.5, 0.6) is 0 Å². The fraction of sp³-hybridized carbons (Fsp3) is 0.214. The zero-order chi connectivity index (χ0) is 15.8. The number of primary sulfonamides is 1. The summed E-state index contributed by atoms with van der Waals surface area (Å²) in [7, 11) is -3.91. The van der Waals surface area contributed by atoms with Crippen molar-refractivity contribution in [1.29, 1.82) is 0 Å². The minimum atomic E-state index is -3.91. The number of allylic oxidation sites excluding steroid dienone is 4. The van der Waals surface area contributed by atoms with Crippen molar-refractivity contribution in [3.8, 4) is 0 Å². The van der Waals surface area contributed by atoms with Gasteiger partial charge < -0.3 is 0 Å². The molecule has 1 aromatic heterocycles. The van der Waals surface area contributed by atoms with E-state index >= 15 is 0 Å². The maximum absolute atomic E-state index is 12.1. The first-order chi connectivity index (χ1) is 10.4. The molecule has 1 aromatic carbocycles. The lowest BCUT2D eigenvalue weighted by molar-refractivity contribution is 0.474. The first-order valence-electron chi connectivity index (χ1n) is 6.64. The Morgan fingerprint density at radius 2 is 2.00 bits per heavy atom. The predicted octanol–water partition coefficient (Wildman–Crippen LogP) is 0.983. The Morgan fingerprint density at radius 1 is 1.27 bits per heavy atom. The fourth-order valence-electron chi connectivity index (χ4n) is 2.90. The molecule has 2 aromatic rings. The Bertz CT molecular complexity index is 827. The standard InChI is InChI=1S/C14H15N5O2S/c1-14(13-16-18-19-17-13)11(10-6-3-2-4-7-10)8-5-9-12(14)22(15,20)21/h2-9,11H,1H3,(H2,15,20,21)(H,16,17,18,19). The van der Waals surface area contributed by atoms with Crippen LogP contribution in [0.1, 0.15) is 24.2 Å². The molecule has 1 aliphatic rings. The van der Waals surface area contributed by atoms with Crippen LogP contribution in [-0.2, 0) is 15.4 Å². The number of nitrogens with one attached hydrogen (secondary N) is 1. The lowest BCUT2D eigenvalue weighted by Crippen LogP contribution is -2.39. The number of nitrogens with zero attached hydrogens (tertiary/aromatic N) is 3. The van der Waals surface area contributed by atoms with Crippen LogP contribution in [0.2, 0.25) is 0 Å². The lowest BCUT2D eigenvalue weighted by atomic mass is 9.70. The Morgan fingerprint density at radius 3 is 2.59 bits per heavy atom. The average Bonchev–Trinajstić information content (AvgIpc) is 3.02. The van der Waals surface area contributed by atoms with Gasteiger partial charge in [0.1, 0.15) is 0 Å². The lowest BCUT2D eigenvalue weighted by Gasteiger charge is -2.36. The van der Waals surface area contributed by atoms with Gasteiger partial charge in [-0.25, -0.2) is 13.6 Å². The molecule has 7 nitrogen and oxygen atoms in total. The number of hydrogen-bond acceptors (Lipinski definition) is 5. The number of nitrogens with two attached hydrogens (primary N) is 1. The van der Waals surface area contributed by atoms with Crippen LogP contribution in [0.4, 0.5) is 0 Å². The monoisotopic (exact) mass is 317 g/mol. The second-order valence-electron chi connectivity index (χ2n) is 5.29. The quantitative estimate of drug-likeness (QED) is 0.876. The first-order valence-corrected chi connectivity index (χ1v) is 8.19. The number of aromatic nitrogens is 4. The third kappa shape index (κ3) is 2.26. The van der Waals surface area contributed by atoms with Crippen molar-refractivity contribution in [1.82, 2.24) is 20.6 Å². The summed E-state index contributed by atoms with van der Waals surface area (Å²) in [6, 6.07) is 9.56. The van der Waals surface area contributed by atoms with E-state index < -0.39 is 15.4 Å². The molecule has 0 aliphatic heterocycles. The summed E-state index contributed by atoms with van der Waals surface area (Å²) in [4.78, 5) is 0.0674. The van der Waals surface area contributed by atoms with Crippen LogP contribution in [0, 0.1) is 0 Å². The molecule has 0 radical (unpaired) electrons. The van der Waals surface area contributed by atoms with Gasteiger partial charge in [-0.1, -0.05) is 47.7 Å². The summed E-state index contributed by atoms with van der Waals surface area (Å²) in [5, 5.41) is 19.4. The summed E-state index contributed by atoms with van der Waals surface area (Å²) in [5.74, 6) is 0.00982. The summed E-state index contributed by atoms with van der Waals surface area (Å²) in [6.45, 7) is 1.76. The first kappa shape index (κ1) is 14.6. The second-order valence-corrected chi connectivity index (χ2v) is 6.82. The molecule has 2 unspecified atom stereocenters. The molecule has 3 rings (SSSR count). The third-order valence-electron chi connectivity index (χ3n) is 3.96. The molecule has 0 amide bonds. The predicted molar refractivity (Wildman–Crippen MR) is 81.0 cm³/mol. The number of sulfonamides is 1. The van der Waals surface area contributed by atoms with Crippen LogP contribution in [0.25, 0.3) is 0 Å². The summed E-state index contributed by atoms with van der Waals surface area (Å²) < 4.78 is 24.1. The minimum absolute atomic E-state index is 0.0674. The van der Waals surface area contributed by atoms with Crippen molar-refractivity contribution in [2.75, 3.05) is 0 Å². The maximum Gasteiger partial charge on any atom is 0.235 e. The molecule has 0 saturated heterocycles. The van der Waals surface area contributed by atoms with Gasteiger partial charge in [-0.15, -0.1) is 10.2 Å². The summed E-state index contributed by atoms with van der Waals surface area (Å²) in [6.07, 6.45) is 5.10. The number of benzene rings is 1. The Labute approximate surface area is 128 Å². The van der Waals surface area contributed by atoms with Gasteiger partial charge in [-0.05, 0) is 18.6 Å². The van der Waals surface area contributed by atoms with Gasteiger partial charge in [-0.3, -0.25) is 0 Å². The number of tetrazole rings is 1. The van der Waals surface area contributed by atoms with E-state index in [1.807, 2.05) is 36.4 Å². The Kier molecular flexibility index (Phi) is 3.42. The fourth-order valence-corrected chi connectivity index (χ4v) is 3.98. The highest BCUT2D eigenvalue weighted by Gasteiger charge is 2.47. The highest BCUT2D eigenvalue weighted by molar-refractivity contribution is 7.93. The molecule has 0 spiro atoms. The van der Waals surface area contributed by atoms with E-state index in [1.165, 1.54) is 6.08 Å². The average molecular weight is 317 g/mol. The van der Waals surface area contributed by atoms with Gasteiger partial charge in [-0.2, -0.15) is 5.21 Å². The van der Waals surface area contributed by atoms with Crippen LogP contribution >= 0.6 is 0 Å². The van der Waals surface area contributed by atoms with Crippen molar-refractivity contribution in [2.45, 2.75) is 18.3 Å². The second kappa shape index (κ2) is 5.15. The van der Waals surface area contributed by atoms with Gasteiger partial charge in [0.05, 0.1) is 10.3 Å². The third-order valence-corrected chi connectivity index (χ3v) is 5.13. The highest BCUT2D eigenvalue weighted by atomic mass is 32.2. The molecule has 2 atom stereocenters. The smallest absolute Gasteiger partial charge is 0.225 e. The molecule has 0 bridgehead atoms. The van der Waals surface area contributed by atoms with E-state index in [9.17, 15) is 8.42 Å².